The molecule has 0 aromatic heterocycles. The first-order chi connectivity index (χ1) is 5.36. The normalized spacial score (nSPS) is 8.83. The number of hydrogen-bond acceptors (Lipinski definition) is 1. The molecule has 0 heterocycles. The van der Waals surface area contributed by atoms with Gasteiger partial charge in [-0.3, -0.25) is 5.84 Å². The molecule has 0 fully saturated rings. The van der Waals surface area contributed by atoms with E-state index in [2.05, 4.69) is 36.4 Å². The highest BCUT2D eigenvalue weighted by Crippen LogP contribution is 2.09. The van der Waals surface area contributed by atoms with Crippen molar-refractivity contribution in [2.24, 2.45) is 0 Å². The zero-order valence-electron chi connectivity index (χ0n) is 7.31. The average molecular weight is 187 g/mol. The summed E-state index contributed by atoms with van der Waals surface area (Å²) in [6.45, 7) is 2.18. The fourth-order valence-corrected chi connectivity index (χ4v) is 1.13. The monoisotopic (exact) mass is 186 g/mol. The summed E-state index contributed by atoms with van der Waals surface area (Å²) in [7, 11) is 0. The summed E-state index contributed by atoms with van der Waals surface area (Å²) in [5, 5.41) is 0. The molecule has 68 valence electrons. The largest absolute Gasteiger partial charge is 1.00 e. The van der Waals surface area contributed by atoms with Crippen LogP contribution in [0, 0.1) is 0 Å². The van der Waals surface area contributed by atoms with Gasteiger partial charge in [0.25, 0.3) is 0 Å². The van der Waals surface area contributed by atoms with Crippen LogP contribution in [0.1, 0.15) is 18.9 Å². The van der Waals surface area contributed by atoms with Crippen molar-refractivity contribution in [3.05, 3.63) is 29.8 Å². The molecular formula is C9H15ClN2. The van der Waals surface area contributed by atoms with Gasteiger partial charge in [0, 0.05) is 0 Å². The number of aryl methyl sites for hydroxylation is 1. The van der Waals surface area contributed by atoms with Crippen molar-refractivity contribution in [3.8, 4) is 0 Å². The van der Waals surface area contributed by atoms with E-state index in [-0.39, 0.29) is 12.4 Å². The lowest BCUT2D eigenvalue weighted by Crippen LogP contribution is -3.00. The van der Waals surface area contributed by atoms with Crippen LogP contribution in [0.4, 0.5) is 5.69 Å². The van der Waals surface area contributed by atoms with Gasteiger partial charge >= 0.3 is 0 Å². The molecule has 12 heavy (non-hydrogen) atoms. The lowest BCUT2D eigenvalue weighted by atomic mass is 10.1. The van der Waals surface area contributed by atoms with Gasteiger partial charge in [-0.2, -0.15) is 0 Å². The summed E-state index contributed by atoms with van der Waals surface area (Å²) in [5.74, 6) is 3.61. The third-order valence-electron chi connectivity index (χ3n) is 1.67. The summed E-state index contributed by atoms with van der Waals surface area (Å²) in [4.78, 5) is 0. The predicted octanol–water partition coefficient (Wildman–Crippen LogP) is -1.79. The third kappa shape index (κ3) is 3.11. The number of benzene rings is 1. The van der Waals surface area contributed by atoms with Gasteiger partial charge in [0.2, 0.25) is 0 Å². The Labute approximate surface area is 79.5 Å². The Morgan fingerprint density at radius 3 is 2.75 bits per heavy atom. The second-order valence-corrected chi connectivity index (χ2v) is 2.63. The van der Waals surface area contributed by atoms with Crippen LogP contribution in [-0.2, 0) is 6.42 Å². The molecule has 0 saturated carbocycles. The number of halogens is 1. The number of hydrogen-bond donors (Lipinski definition) is 2. The average Bonchev–Trinajstić information content (AvgIpc) is 2.06. The molecule has 0 bridgehead atoms. The SMILES string of the molecule is CCCc1cccc(N[NH3+])c1.[Cl-]. The van der Waals surface area contributed by atoms with Gasteiger partial charge in [-0.25, -0.2) is 5.43 Å². The van der Waals surface area contributed by atoms with Crippen LogP contribution in [0.3, 0.4) is 0 Å². The smallest absolute Gasteiger partial charge is 0.0850 e. The van der Waals surface area contributed by atoms with Gasteiger partial charge in [0.15, 0.2) is 0 Å². The van der Waals surface area contributed by atoms with E-state index in [9.17, 15) is 0 Å². The molecule has 0 aliphatic heterocycles. The molecular weight excluding hydrogens is 172 g/mol. The van der Waals surface area contributed by atoms with E-state index in [0.29, 0.717) is 0 Å². The van der Waals surface area contributed by atoms with E-state index in [1.807, 2.05) is 6.07 Å². The molecule has 2 nitrogen and oxygen atoms in total. The van der Waals surface area contributed by atoms with Crippen molar-refractivity contribution < 1.29 is 18.2 Å². The molecule has 0 amide bonds. The predicted molar refractivity (Wildman–Crippen MR) is 46.9 cm³/mol. The van der Waals surface area contributed by atoms with E-state index < -0.39 is 0 Å². The zero-order valence-corrected chi connectivity index (χ0v) is 8.06. The van der Waals surface area contributed by atoms with Crippen LogP contribution >= 0.6 is 0 Å². The molecule has 0 unspecified atom stereocenters. The summed E-state index contributed by atoms with van der Waals surface area (Å²) < 4.78 is 0. The topological polar surface area (TPSA) is 39.7 Å². The summed E-state index contributed by atoms with van der Waals surface area (Å²) >= 11 is 0. The highest BCUT2D eigenvalue weighted by atomic mass is 35.5. The Bertz CT molecular complexity index is 226. The van der Waals surface area contributed by atoms with Gasteiger partial charge in [-0.15, -0.1) is 0 Å². The van der Waals surface area contributed by atoms with Crippen molar-refractivity contribution in [1.29, 1.82) is 0 Å². The first-order valence-corrected chi connectivity index (χ1v) is 3.99. The van der Waals surface area contributed by atoms with Gasteiger partial charge in [-0.05, 0) is 24.1 Å². The summed E-state index contributed by atoms with van der Waals surface area (Å²) in [6, 6.07) is 8.35. The standard InChI is InChI=1S/C9H14N2.ClH/c1-2-4-8-5-3-6-9(7-8)11-10;/h3,5-7,11H,2,4,10H2,1H3;1H. The molecule has 3 heteroatoms. The quantitative estimate of drug-likeness (QED) is 0.538. The lowest BCUT2D eigenvalue weighted by Gasteiger charge is -2.00. The fourth-order valence-electron chi connectivity index (χ4n) is 1.13. The van der Waals surface area contributed by atoms with Gasteiger partial charge < -0.3 is 12.4 Å². The third-order valence-corrected chi connectivity index (χ3v) is 1.67. The number of anilines is 1. The maximum Gasteiger partial charge on any atom is 0.0850 e. The van der Waals surface area contributed by atoms with Crippen LogP contribution < -0.4 is 23.7 Å². The minimum absolute atomic E-state index is 0. The first kappa shape index (κ1) is 11.3. The second-order valence-electron chi connectivity index (χ2n) is 2.63. The molecule has 0 aliphatic carbocycles. The Balaban J connectivity index is 0.00000121. The van der Waals surface area contributed by atoms with Crippen molar-refractivity contribution in [1.82, 2.24) is 0 Å². The molecule has 0 aliphatic rings. The fraction of sp³-hybridized carbons (Fsp3) is 0.333. The minimum Gasteiger partial charge on any atom is -1.00 e. The van der Waals surface area contributed by atoms with Gasteiger partial charge in [0.1, 0.15) is 0 Å². The van der Waals surface area contributed by atoms with Crippen molar-refractivity contribution >= 4 is 5.69 Å². The highest BCUT2D eigenvalue weighted by molar-refractivity contribution is 5.43. The summed E-state index contributed by atoms with van der Waals surface area (Å²) in [6.07, 6.45) is 2.34. The van der Waals surface area contributed by atoms with E-state index in [1.54, 1.807) is 0 Å². The molecule has 4 N–H and O–H groups in total. The number of nitrogens with one attached hydrogen (secondary N) is 1. The Morgan fingerprint density at radius 2 is 2.17 bits per heavy atom. The van der Waals surface area contributed by atoms with Crippen LogP contribution in [0.15, 0.2) is 24.3 Å². The molecule has 0 saturated heterocycles. The van der Waals surface area contributed by atoms with Crippen molar-refractivity contribution in [2.75, 3.05) is 5.43 Å². The van der Waals surface area contributed by atoms with Crippen molar-refractivity contribution in [2.45, 2.75) is 19.8 Å². The van der Waals surface area contributed by atoms with E-state index in [0.717, 1.165) is 12.1 Å². The van der Waals surface area contributed by atoms with E-state index in [1.165, 1.54) is 12.0 Å². The molecule has 0 radical (unpaired) electrons. The maximum absolute atomic E-state index is 3.61. The molecule has 1 aromatic carbocycles. The Morgan fingerprint density at radius 1 is 1.42 bits per heavy atom. The van der Waals surface area contributed by atoms with Crippen LogP contribution in [-0.4, -0.2) is 0 Å². The van der Waals surface area contributed by atoms with E-state index in [4.69, 9.17) is 0 Å². The lowest BCUT2D eigenvalue weighted by molar-refractivity contribution is -0.325. The van der Waals surface area contributed by atoms with Gasteiger partial charge in [0.05, 0.1) is 5.69 Å². The van der Waals surface area contributed by atoms with Crippen molar-refractivity contribution in [3.63, 3.8) is 0 Å². The number of rotatable bonds is 3. The second kappa shape index (κ2) is 5.86. The minimum atomic E-state index is 0. The van der Waals surface area contributed by atoms with Crippen LogP contribution in [0.2, 0.25) is 0 Å². The van der Waals surface area contributed by atoms with Crippen LogP contribution in [0.5, 0.6) is 0 Å². The zero-order chi connectivity index (χ0) is 8.10. The van der Waals surface area contributed by atoms with Gasteiger partial charge in [-0.1, -0.05) is 25.5 Å². The Hall–Kier alpha value is -0.730. The molecule has 0 atom stereocenters. The number of quaternary nitrogens is 1. The first-order valence-electron chi connectivity index (χ1n) is 3.99. The Kier molecular flexibility index (Phi) is 5.51. The maximum atomic E-state index is 3.61. The van der Waals surface area contributed by atoms with Crippen LogP contribution in [0.25, 0.3) is 0 Å². The molecule has 1 aromatic rings. The molecule has 0 spiro atoms. The highest BCUT2D eigenvalue weighted by Gasteiger charge is 1.92. The van der Waals surface area contributed by atoms with E-state index >= 15 is 0 Å². The molecule has 1 rings (SSSR count). The summed E-state index contributed by atoms with van der Waals surface area (Å²) in [5.41, 5.74) is 5.35.